The van der Waals surface area contributed by atoms with Crippen molar-refractivity contribution in [3.8, 4) is 0 Å². The van der Waals surface area contributed by atoms with Crippen LogP contribution in [0.15, 0.2) is 12.2 Å². The number of likely N-dealkylation sites (tertiary alicyclic amines) is 1. The highest BCUT2D eigenvalue weighted by molar-refractivity contribution is 5.87. The van der Waals surface area contributed by atoms with Crippen molar-refractivity contribution in [2.45, 2.75) is 52.0 Å². The minimum Gasteiger partial charge on any atom is -0.339 e. The molecule has 20 heavy (non-hydrogen) atoms. The van der Waals surface area contributed by atoms with Gasteiger partial charge in [-0.15, -0.1) is 0 Å². The average molecular weight is 278 g/mol. The van der Waals surface area contributed by atoms with Gasteiger partial charge in [-0.25, -0.2) is 0 Å². The maximum atomic E-state index is 12.3. The van der Waals surface area contributed by atoms with Crippen molar-refractivity contribution < 1.29 is 4.79 Å². The highest BCUT2D eigenvalue weighted by Crippen LogP contribution is 2.32. The Kier molecular flexibility index (Phi) is 5.64. The molecule has 0 radical (unpaired) electrons. The molecule has 2 fully saturated rings. The van der Waals surface area contributed by atoms with Crippen LogP contribution in [-0.2, 0) is 4.79 Å². The Hall–Kier alpha value is -0.830. The molecule has 2 rings (SSSR count). The number of rotatable bonds is 4. The monoisotopic (exact) mass is 278 g/mol. The lowest BCUT2D eigenvalue weighted by Gasteiger charge is -2.40. The minimum atomic E-state index is 0.176. The first-order chi connectivity index (χ1) is 9.59. The highest BCUT2D eigenvalue weighted by atomic mass is 16.2. The standard InChI is InChI=1S/C17H30N2O/c1-14-8-6-9-15(2)17(14)18(3)16(20)10-7-13-19-11-4-5-12-19/h7,10,14-15,17H,4-6,8-9,11-13H2,1-3H3/b10-7+. The number of hydrogen-bond donors (Lipinski definition) is 0. The maximum Gasteiger partial charge on any atom is 0.246 e. The van der Waals surface area contributed by atoms with Crippen LogP contribution < -0.4 is 0 Å². The van der Waals surface area contributed by atoms with Gasteiger partial charge in [0.25, 0.3) is 0 Å². The van der Waals surface area contributed by atoms with Crippen LogP contribution in [0.25, 0.3) is 0 Å². The van der Waals surface area contributed by atoms with Crippen molar-refractivity contribution in [3.05, 3.63) is 12.2 Å². The lowest BCUT2D eigenvalue weighted by Crippen LogP contribution is -2.46. The number of nitrogens with zero attached hydrogens (tertiary/aromatic N) is 2. The fourth-order valence-corrected chi connectivity index (χ4v) is 3.96. The molecule has 0 bridgehead atoms. The first-order valence-corrected chi connectivity index (χ1v) is 8.25. The smallest absolute Gasteiger partial charge is 0.246 e. The van der Waals surface area contributed by atoms with Crippen LogP contribution in [0.1, 0.15) is 46.0 Å². The van der Waals surface area contributed by atoms with Crippen LogP contribution in [0.5, 0.6) is 0 Å². The molecule has 1 saturated carbocycles. The van der Waals surface area contributed by atoms with E-state index in [0.29, 0.717) is 17.9 Å². The first-order valence-electron chi connectivity index (χ1n) is 8.25. The van der Waals surface area contributed by atoms with Crippen molar-refractivity contribution >= 4 is 5.91 Å². The molecule has 0 spiro atoms. The number of carbonyl (C=O) groups is 1. The van der Waals surface area contributed by atoms with Crippen LogP contribution in [-0.4, -0.2) is 48.4 Å². The van der Waals surface area contributed by atoms with E-state index in [1.165, 1.54) is 45.2 Å². The molecule has 0 aromatic carbocycles. The van der Waals surface area contributed by atoms with E-state index in [1.54, 1.807) is 6.08 Å². The minimum absolute atomic E-state index is 0.176. The number of likely N-dealkylation sites (N-methyl/N-ethyl adjacent to an activating group) is 1. The largest absolute Gasteiger partial charge is 0.339 e. The Bertz CT molecular complexity index is 337. The van der Waals surface area contributed by atoms with Gasteiger partial charge in [0.05, 0.1) is 0 Å². The first kappa shape index (κ1) is 15.6. The SMILES string of the molecule is CC1CCCC(C)C1N(C)C(=O)/C=C/CN1CCCC1. The van der Waals surface area contributed by atoms with Crippen molar-refractivity contribution in [3.63, 3.8) is 0 Å². The molecule has 1 amide bonds. The quantitative estimate of drug-likeness (QED) is 0.738. The van der Waals surface area contributed by atoms with E-state index in [1.807, 2.05) is 18.0 Å². The Morgan fingerprint density at radius 2 is 1.75 bits per heavy atom. The van der Waals surface area contributed by atoms with E-state index < -0.39 is 0 Å². The second kappa shape index (κ2) is 7.26. The molecule has 1 heterocycles. The molecule has 0 aromatic rings. The van der Waals surface area contributed by atoms with E-state index in [2.05, 4.69) is 18.7 Å². The fourth-order valence-electron chi connectivity index (χ4n) is 3.96. The third-order valence-corrected chi connectivity index (χ3v) is 5.10. The van der Waals surface area contributed by atoms with Gasteiger partial charge in [-0.1, -0.05) is 26.3 Å². The molecule has 2 aliphatic rings. The zero-order valence-corrected chi connectivity index (χ0v) is 13.3. The summed E-state index contributed by atoms with van der Waals surface area (Å²) in [6, 6.07) is 0.410. The molecule has 2 atom stereocenters. The average Bonchev–Trinajstić information content (AvgIpc) is 2.91. The van der Waals surface area contributed by atoms with Gasteiger partial charge in [-0.2, -0.15) is 0 Å². The molecule has 3 heteroatoms. The van der Waals surface area contributed by atoms with Gasteiger partial charge in [0.2, 0.25) is 5.91 Å². The summed E-state index contributed by atoms with van der Waals surface area (Å²) in [5, 5.41) is 0. The Balaban J connectivity index is 1.85. The second-order valence-electron chi connectivity index (χ2n) is 6.74. The summed E-state index contributed by atoms with van der Waals surface area (Å²) in [5.74, 6) is 1.43. The van der Waals surface area contributed by atoms with Crippen molar-refractivity contribution in [1.29, 1.82) is 0 Å². The van der Waals surface area contributed by atoms with E-state index in [4.69, 9.17) is 0 Å². The van der Waals surface area contributed by atoms with Gasteiger partial charge < -0.3 is 4.90 Å². The summed E-state index contributed by atoms with van der Waals surface area (Å²) in [5.41, 5.74) is 0. The number of carbonyl (C=O) groups excluding carboxylic acids is 1. The molecule has 2 unspecified atom stereocenters. The third-order valence-electron chi connectivity index (χ3n) is 5.10. The van der Waals surface area contributed by atoms with Gasteiger partial charge in [-0.05, 0) is 50.6 Å². The molecule has 0 aromatic heterocycles. The molecule has 1 saturated heterocycles. The fraction of sp³-hybridized carbons (Fsp3) is 0.824. The lowest BCUT2D eigenvalue weighted by molar-refractivity contribution is -0.129. The zero-order valence-electron chi connectivity index (χ0n) is 13.3. The maximum absolute atomic E-state index is 12.3. The molecular weight excluding hydrogens is 248 g/mol. The Morgan fingerprint density at radius 3 is 2.35 bits per heavy atom. The summed E-state index contributed by atoms with van der Waals surface area (Å²) in [6.45, 7) is 7.88. The van der Waals surface area contributed by atoms with Crippen LogP contribution in [0, 0.1) is 11.8 Å². The normalized spacial score (nSPS) is 31.9. The van der Waals surface area contributed by atoms with Crippen molar-refractivity contribution in [1.82, 2.24) is 9.80 Å². The molecule has 3 nitrogen and oxygen atoms in total. The van der Waals surface area contributed by atoms with E-state index >= 15 is 0 Å². The molecule has 1 aliphatic carbocycles. The lowest BCUT2D eigenvalue weighted by atomic mass is 9.78. The number of amides is 1. The highest BCUT2D eigenvalue weighted by Gasteiger charge is 2.32. The van der Waals surface area contributed by atoms with Crippen LogP contribution in [0.3, 0.4) is 0 Å². The van der Waals surface area contributed by atoms with Gasteiger partial charge in [-0.3, -0.25) is 9.69 Å². The molecule has 114 valence electrons. The van der Waals surface area contributed by atoms with Crippen LogP contribution in [0.2, 0.25) is 0 Å². The summed E-state index contributed by atoms with van der Waals surface area (Å²) in [6.07, 6.45) is 10.3. The Morgan fingerprint density at radius 1 is 1.15 bits per heavy atom. The Labute approximate surface area is 124 Å². The van der Waals surface area contributed by atoms with E-state index in [-0.39, 0.29) is 5.91 Å². The predicted molar refractivity (Wildman–Crippen MR) is 83.6 cm³/mol. The van der Waals surface area contributed by atoms with Gasteiger partial charge in [0.1, 0.15) is 0 Å². The summed E-state index contributed by atoms with van der Waals surface area (Å²) < 4.78 is 0. The van der Waals surface area contributed by atoms with E-state index in [9.17, 15) is 4.79 Å². The zero-order chi connectivity index (χ0) is 14.5. The van der Waals surface area contributed by atoms with Crippen molar-refractivity contribution in [2.75, 3.05) is 26.7 Å². The summed E-state index contributed by atoms with van der Waals surface area (Å²) >= 11 is 0. The summed E-state index contributed by atoms with van der Waals surface area (Å²) in [7, 11) is 1.98. The summed E-state index contributed by atoms with van der Waals surface area (Å²) in [4.78, 5) is 16.7. The van der Waals surface area contributed by atoms with Gasteiger partial charge in [0, 0.05) is 25.7 Å². The topological polar surface area (TPSA) is 23.6 Å². The predicted octanol–water partition coefficient (Wildman–Crippen LogP) is 2.92. The second-order valence-corrected chi connectivity index (χ2v) is 6.74. The van der Waals surface area contributed by atoms with Crippen LogP contribution in [0.4, 0.5) is 0 Å². The van der Waals surface area contributed by atoms with Crippen LogP contribution >= 0.6 is 0 Å². The molecular formula is C17H30N2O. The van der Waals surface area contributed by atoms with Crippen molar-refractivity contribution in [2.24, 2.45) is 11.8 Å². The van der Waals surface area contributed by atoms with Gasteiger partial charge >= 0.3 is 0 Å². The molecule has 0 N–H and O–H groups in total. The number of hydrogen-bond acceptors (Lipinski definition) is 2. The molecule has 1 aliphatic heterocycles. The van der Waals surface area contributed by atoms with E-state index in [0.717, 1.165) is 6.54 Å². The third kappa shape index (κ3) is 3.85. The van der Waals surface area contributed by atoms with Gasteiger partial charge in [0.15, 0.2) is 0 Å².